The number of para-hydroxylation sites is 1. The summed E-state index contributed by atoms with van der Waals surface area (Å²) in [5.74, 6) is 0.659. The van der Waals surface area contributed by atoms with Crippen molar-refractivity contribution in [1.82, 2.24) is 5.32 Å². The minimum absolute atomic E-state index is 0.368. The SMILES string of the molecule is NC(=O)c1ccccc1N1CCC(NCc2ccc3c(c2)CCO3)C1. The monoisotopic (exact) mass is 337 g/mol. The lowest BCUT2D eigenvalue weighted by molar-refractivity contribution is 0.100. The molecular formula is C20H23N3O2. The van der Waals surface area contributed by atoms with Gasteiger partial charge >= 0.3 is 0 Å². The van der Waals surface area contributed by atoms with Gasteiger partial charge in [0.1, 0.15) is 5.75 Å². The Morgan fingerprint density at radius 1 is 1.28 bits per heavy atom. The number of nitrogens with zero attached hydrogens (tertiary/aromatic N) is 1. The van der Waals surface area contributed by atoms with E-state index >= 15 is 0 Å². The van der Waals surface area contributed by atoms with Crippen LogP contribution in [0.25, 0.3) is 0 Å². The van der Waals surface area contributed by atoms with Gasteiger partial charge < -0.3 is 20.7 Å². The number of amides is 1. The molecule has 2 aliphatic heterocycles. The first-order valence-corrected chi connectivity index (χ1v) is 8.82. The van der Waals surface area contributed by atoms with Gasteiger partial charge in [0.2, 0.25) is 0 Å². The van der Waals surface area contributed by atoms with Crippen LogP contribution in [0.4, 0.5) is 5.69 Å². The van der Waals surface area contributed by atoms with E-state index in [1.165, 1.54) is 11.1 Å². The van der Waals surface area contributed by atoms with Crippen LogP contribution >= 0.6 is 0 Å². The molecule has 2 aliphatic rings. The zero-order valence-electron chi connectivity index (χ0n) is 14.2. The van der Waals surface area contributed by atoms with Gasteiger partial charge in [-0.25, -0.2) is 0 Å². The van der Waals surface area contributed by atoms with E-state index in [4.69, 9.17) is 10.5 Å². The van der Waals surface area contributed by atoms with E-state index in [0.717, 1.165) is 50.5 Å². The number of hydrogen-bond acceptors (Lipinski definition) is 4. The number of rotatable bonds is 5. The molecule has 1 amide bonds. The van der Waals surface area contributed by atoms with Crippen molar-refractivity contribution in [2.24, 2.45) is 5.73 Å². The van der Waals surface area contributed by atoms with Crippen molar-refractivity contribution in [2.45, 2.75) is 25.4 Å². The van der Waals surface area contributed by atoms with Gasteiger partial charge in [-0.15, -0.1) is 0 Å². The summed E-state index contributed by atoms with van der Waals surface area (Å²) in [5, 5.41) is 3.64. The molecule has 1 unspecified atom stereocenters. The summed E-state index contributed by atoms with van der Waals surface area (Å²) >= 11 is 0. The van der Waals surface area contributed by atoms with Crippen molar-refractivity contribution in [3.05, 3.63) is 59.2 Å². The van der Waals surface area contributed by atoms with Crippen LogP contribution in [0.2, 0.25) is 0 Å². The molecule has 0 saturated carbocycles. The highest BCUT2D eigenvalue weighted by Gasteiger charge is 2.24. The van der Waals surface area contributed by atoms with Gasteiger partial charge in [-0.2, -0.15) is 0 Å². The highest BCUT2D eigenvalue weighted by atomic mass is 16.5. The predicted molar refractivity (Wildman–Crippen MR) is 98.1 cm³/mol. The molecule has 2 aromatic rings. The second-order valence-electron chi connectivity index (χ2n) is 6.73. The summed E-state index contributed by atoms with van der Waals surface area (Å²) in [4.78, 5) is 13.9. The summed E-state index contributed by atoms with van der Waals surface area (Å²) < 4.78 is 5.56. The van der Waals surface area contributed by atoms with Crippen molar-refractivity contribution in [1.29, 1.82) is 0 Å². The van der Waals surface area contributed by atoms with Crippen LogP contribution in [0.5, 0.6) is 5.75 Å². The number of fused-ring (bicyclic) bond motifs is 1. The topological polar surface area (TPSA) is 67.6 Å². The molecule has 1 atom stereocenters. The number of ether oxygens (including phenoxy) is 1. The van der Waals surface area contributed by atoms with Crippen LogP contribution in [0.3, 0.4) is 0 Å². The van der Waals surface area contributed by atoms with Gasteiger partial charge in [-0.05, 0) is 35.7 Å². The maximum atomic E-state index is 11.6. The Morgan fingerprint density at radius 2 is 2.16 bits per heavy atom. The fraction of sp³-hybridized carbons (Fsp3) is 0.350. The Bertz CT molecular complexity index is 790. The van der Waals surface area contributed by atoms with E-state index in [1.807, 2.05) is 18.2 Å². The molecule has 4 rings (SSSR count). The Kier molecular flexibility index (Phi) is 4.32. The second kappa shape index (κ2) is 6.76. The van der Waals surface area contributed by atoms with Crippen LogP contribution in [0.1, 0.15) is 27.9 Å². The third kappa shape index (κ3) is 3.33. The maximum Gasteiger partial charge on any atom is 0.250 e. The van der Waals surface area contributed by atoms with E-state index in [1.54, 1.807) is 6.07 Å². The fourth-order valence-corrected chi connectivity index (χ4v) is 3.72. The lowest BCUT2D eigenvalue weighted by Gasteiger charge is -2.21. The Morgan fingerprint density at radius 3 is 3.04 bits per heavy atom. The largest absolute Gasteiger partial charge is 0.493 e. The van der Waals surface area contributed by atoms with Crippen LogP contribution in [-0.4, -0.2) is 31.6 Å². The van der Waals surface area contributed by atoms with Crippen molar-refractivity contribution >= 4 is 11.6 Å². The van der Waals surface area contributed by atoms with Crippen molar-refractivity contribution in [2.75, 3.05) is 24.6 Å². The van der Waals surface area contributed by atoms with Crippen molar-refractivity contribution in [3.8, 4) is 5.75 Å². The molecule has 1 saturated heterocycles. The highest BCUT2D eigenvalue weighted by molar-refractivity contribution is 5.98. The van der Waals surface area contributed by atoms with E-state index < -0.39 is 0 Å². The molecule has 5 heteroatoms. The molecule has 2 heterocycles. The molecule has 130 valence electrons. The van der Waals surface area contributed by atoms with Gasteiger partial charge in [0.05, 0.1) is 12.2 Å². The van der Waals surface area contributed by atoms with Crippen LogP contribution in [0.15, 0.2) is 42.5 Å². The van der Waals surface area contributed by atoms with Crippen molar-refractivity contribution < 1.29 is 9.53 Å². The lowest BCUT2D eigenvalue weighted by atomic mass is 10.1. The van der Waals surface area contributed by atoms with Crippen LogP contribution in [0, 0.1) is 0 Å². The molecule has 0 radical (unpaired) electrons. The number of carbonyl (C=O) groups is 1. The van der Waals surface area contributed by atoms with Gasteiger partial charge in [-0.3, -0.25) is 4.79 Å². The molecule has 2 aromatic carbocycles. The molecule has 1 fully saturated rings. The van der Waals surface area contributed by atoms with E-state index in [-0.39, 0.29) is 5.91 Å². The maximum absolute atomic E-state index is 11.6. The van der Waals surface area contributed by atoms with Gasteiger partial charge in [0, 0.05) is 37.8 Å². The second-order valence-corrected chi connectivity index (χ2v) is 6.73. The summed E-state index contributed by atoms with van der Waals surface area (Å²) in [6.07, 6.45) is 2.06. The first-order chi connectivity index (χ1) is 12.2. The lowest BCUT2D eigenvalue weighted by Crippen LogP contribution is -2.32. The summed E-state index contributed by atoms with van der Waals surface area (Å²) in [5.41, 5.74) is 9.64. The predicted octanol–water partition coefficient (Wildman–Crippen LogP) is 2.09. The molecular weight excluding hydrogens is 314 g/mol. The Hall–Kier alpha value is -2.53. The molecule has 5 nitrogen and oxygen atoms in total. The number of nitrogens with two attached hydrogens (primary N) is 1. The molecule has 3 N–H and O–H groups in total. The summed E-state index contributed by atoms with van der Waals surface area (Å²) in [6, 6.07) is 14.4. The zero-order valence-corrected chi connectivity index (χ0v) is 14.2. The average molecular weight is 337 g/mol. The highest BCUT2D eigenvalue weighted by Crippen LogP contribution is 2.27. The molecule has 0 aromatic heterocycles. The fourth-order valence-electron chi connectivity index (χ4n) is 3.72. The number of anilines is 1. The number of carbonyl (C=O) groups excluding carboxylic acids is 1. The number of primary amides is 1. The first-order valence-electron chi connectivity index (χ1n) is 8.82. The van der Waals surface area contributed by atoms with Crippen LogP contribution in [-0.2, 0) is 13.0 Å². The van der Waals surface area contributed by atoms with E-state index in [2.05, 4.69) is 28.4 Å². The number of nitrogens with one attached hydrogen (secondary N) is 1. The Balaban J connectivity index is 1.38. The molecule has 0 aliphatic carbocycles. The number of hydrogen-bond donors (Lipinski definition) is 2. The minimum atomic E-state index is -0.368. The third-order valence-electron chi connectivity index (χ3n) is 5.05. The van der Waals surface area contributed by atoms with E-state index in [0.29, 0.717) is 11.6 Å². The van der Waals surface area contributed by atoms with Gasteiger partial charge in [-0.1, -0.05) is 24.3 Å². The normalized spacial score (nSPS) is 18.9. The summed E-state index contributed by atoms with van der Waals surface area (Å²) in [7, 11) is 0. The molecule has 25 heavy (non-hydrogen) atoms. The smallest absolute Gasteiger partial charge is 0.250 e. The standard InChI is InChI=1S/C20H23N3O2/c21-20(24)17-3-1-2-4-18(17)23-9-7-16(13-23)22-12-14-5-6-19-15(11-14)8-10-25-19/h1-6,11,16,22H,7-10,12-13H2,(H2,21,24). The Labute approximate surface area is 147 Å². The van der Waals surface area contributed by atoms with Crippen LogP contribution < -0.4 is 20.7 Å². The minimum Gasteiger partial charge on any atom is -0.493 e. The van der Waals surface area contributed by atoms with Gasteiger partial charge in [0.25, 0.3) is 5.91 Å². The third-order valence-corrected chi connectivity index (χ3v) is 5.05. The average Bonchev–Trinajstić information content (AvgIpc) is 3.28. The summed E-state index contributed by atoms with van der Waals surface area (Å²) in [6.45, 7) is 3.46. The van der Waals surface area contributed by atoms with Gasteiger partial charge in [0.15, 0.2) is 0 Å². The molecule has 0 bridgehead atoms. The zero-order chi connectivity index (χ0) is 17.2. The van der Waals surface area contributed by atoms with Crippen molar-refractivity contribution in [3.63, 3.8) is 0 Å². The first kappa shape index (κ1) is 16.0. The van der Waals surface area contributed by atoms with E-state index in [9.17, 15) is 4.79 Å². The quantitative estimate of drug-likeness (QED) is 0.877. The number of benzene rings is 2. The molecule has 0 spiro atoms.